The summed E-state index contributed by atoms with van der Waals surface area (Å²) in [6.07, 6.45) is 0. The van der Waals surface area contributed by atoms with Crippen molar-refractivity contribution < 1.29 is 0 Å². The van der Waals surface area contributed by atoms with Gasteiger partial charge < -0.3 is 5.32 Å². The summed E-state index contributed by atoms with van der Waals surface area (Å²) in [4.78, 5) is 0. The summed E-state index contributed by atoms with van der Waals surface area (Å²) in [6.45, 7) is 0.840. The second kappa shape index (κ2) is 4.55. The molecule has 0 radical (unpaired) electrons. The first-order chi connectivity index (χ1) is 8.43. The number of benzene rings is 2. The summed E-state index contributed by atoms with van der Waals surface area (Å²) < 4.78 is 4.41. The van der Waals surface area contributed by atoms with E-state index in [4.69, 9.17) is 0 Å². The molecule has 0 aliphatic carbocycles. The standard InChI is InChI=1S/C14H12N2S/c1-2-6-11(7-3-1)10-15-14-12-8-4-5-9-13(12)16-17-14/h1-9,15H,10H2. The molecule has 2 nitrogen and oxygen atoms in total. The smallest absolute Gasteiger partial charge is 0.117 e. The molecule has 0 spiro atoms. The molecule has 3 rings (SSSR count). The Labute approximate surface area is 104 Å². The number of anilines is 1. The van der Waals surface area contributed by atoms with E-state index in [0.717, 1.165) is 17.1 Å². The van der Waals surface area contributed by atoms with E-state index in [2.05, 4.69) is 40.0 Å². The van der Waals surface area contributed by atoms with Gasteiger partial charge in [0.1, 0.15) is 5.00 Å². The molecule has 3 aromatic rings. The molecule has 1 N–H and O–H groups in total. The Bertz CT molecular complexity index is 616. The minimum absolute atomic E-state index is 0.840. The van der Waals surface area contributed by atoms with Crippen molar-refractivity contribution >= 4 is 27.4 Å². The largest absolute Gasteiger partial charge is 0.371 e. The van der Waals surface area contributed by atoms with Gasteiger partial charge in [-0.15, -0.1) is 0 Å². The molecule has 1 aromatic heterocycles. The minimum atomic E-state index is 0.840. The SMILES string of the molecule is c1ccc(CNc2snc3ccccc23)cc1. The zero-order valence-electron chi connectivity index (χ0n) is 9.26. The van der Waals surface area contributed by atoms with Crippen molar-refractivity contribution in [3.8, 4) is 0 Å². The Hall–Kier alpha value is -1.87. The third kappa shape index (κ3) is 2.15. The Morgan fingerprint density at radius 1 is 0.941 bits per heavy atom. The van der Waals surface area contributed by atoms with Crippen LogP contribution in [0.2, 0.25) is 0 Å². The predicted octanol–water partition coefficient (Wildman–Crippen LogP) is 3.91. The number of aromatic nitrogens is 1. The maximum absolute atomic E-state index is 4.41. The van der Waals surface area contributed by atoms with Crippen LogP contribution in [0.5, 0.6) is 0 Å². The normalized spacial score (nSPS) is 10.6. The van der Waals surface area contributed by atoms with Gasteiger partial charge in [0.25, 0.3) is 0 Å². The molecule has 0 saturated heterocycles. The van der Waals surface area contributed by atoms with Gasteiger partial charge in [-0.3, -0.25) is 0 Å². The van der Waals surface area contributed by atoms with Crippen LogP contribution in [0.1, 0.15) is 5.56 Å². The lowest BCUT2D eigenvalue weighted by atomic mass is 10.2. The second-order valence-electron chi connectivity index (χ2n) is 3.87. The van der Waals surface area contributed by atoms with Crippen LogP contribution < -0.4 is 5.32 Å². The highest BCUT2D eigenvalue weighted by molar-refractivity contribution is 7.11. The van der Waals surface area contributed by atoms with E-state index in [1.165, 1.54) is 22.5 Å². The summed E-state index contributed by atoms with van der Waals surface area (Å²) in [6, 6.07) is 18.6. The van der Waals surface area contributed by atoms with Gasteiger partial charge in [-0.2, -0.15) is 4.37 Å². The average Bonchev–Trinajstić information content (AvgIpc) is 2.81. The van der Waals surface area contributed by atoms with Crippen molar-refractivity contribution in [2.45, 2.75) is 6.54 Å². The van der Waals surface area contributed by atoms with Crippen LogP contribution in [0.4, 0.5) is 5.00 Å². The van der Waals surface area contributed by atoms with Gasteiger partial charge in [0.05, 0.1) is 5.52 Å². The topological polar surface area (TPSA) is 24.9 Å². The average molecular weight is 240 g/mol. The van der Waals surface area contributed by atoms with E-state index in [1.807, 2.05) is 24.3 Å². The Balaban J connectivity index is 1.82. The molecule has 1 heterocycles. The van der Waals surface area contributed by atoms with Crippen molar-refractivity contribution in [1.29, 1.82) is 0 Å². The minimum Gasteiger partial charge on any atom is -0.371 e. The lowest BCUT2D eigenvalue weighted by Gasteiger charge is -2.03. The lowest BCUT2D eigenvalue weighted by Crippen LogP contribution is -1.97. The molecule has 0 aliphatic rings. The fourth-order valence-corrected chi connectivity index (χ4v) is 2.55. The van der Waals surface area contributed by atoms with Gasteiger partial charge in [0.2, 0.25) is 0 Å². The van der Waals surface area contributed by atoms with Crippen molar-refractivity contribution in [3.05, 3.63) is 60.2 Å². The number of hydrogen-bond donors (Lipinski definition) is 1. The number of nitrogens with zero attached hydrogens (tertiary/aromatic N) is 1. The molecule has 2 aromatic carbocycles. The van der Waals surface area contributed by atoms with Gasteiger partial charge in [0.15, 0.2) is 0 Å². The molecule has 17 heavy (non-hydrogen) atoms. The summed E-state index contributed by atoms with van der Waals surface area (Å²) in [5.41, 5.74) is 2.35. The van der Waals surface area contributed by atoms with Crippen LogP contribution in [-0.2, 0) is 6.54 Å². The molecule has 0 aliphatic heterocycles. The van der Waals surface area contributed by atoms with Crippen LogP contribution in [0.25, 0.3) is 10.9 Å². The van der Waals surface area contributed by atoms with Crippen LogP contribution in [0, 0.1) is 0 Å². The fourth-order valence-electron chi connectivity index (χ4n) is 1.79. The fraction of sp³-hybridized carbons (Fsp3) is 0.0714. The van der Waals surface area contributed by atoms with Gasteiger partial charge in [-0.1, -0.05) is 42.5 Å². The highest BCUT2D eigenvalue weighted by atomic mass is 32.1. The van der Waals surface area contributed by atoms with Crippen molar-refractivity contribution in [2.24, 2.45) is 0 Å². The molecular formula is C14H12N2S. The van der Waals surface area contributed by atoms with Gasteiger partial charge >= 0.3 is 0 Å². The summed E-state index contributed by atoms with van der Waals surface area (Å²) in [5.74, 6) is 0. The molecule has 0 saturated carbocycles. The monoisotopic (exact) mass is 240 g/mol. The predicted molar refractivity (Wildman–Crippen MR) is 73.4 cm³/mol. The zero-order chi connectivity index (χ0) is 11.5. The number of fused-ring (bicyclic) bond motifs is 1. The van der Waals surface area contributed by atoms with Crippen LogP contribution in [-0.4, -0.2) is 4.37 Å². The van der Waals surface area contributed by atoms with Crippen LogP contribution in [0.3, 0.4) is 0 Å². The van der Waals surface area contributed by atoms with E-state index < -0.39 is 0 Å². The van der Waals surface area contributed by atoms with E-state index in [-0.39, 0.29) is 0 Å². The Morgan fingerprint density at radius 2 is 1.71 bits per heavy atom. The maximum Gasteiger partial charge on any atom is 0.117 e. The van der Waals surface area contributed by atoms with E-state index in [9.17, 15) is 0 Å². The van der Waals surface area contributed by atoms with E-state index in [1.54, 1.807) is 0 Å². The van der Waals surface area contributed by atoms with Gasteiger partial charge in [-0.25, -0.2) is 0 Å². The van der Waals surface area contributed by atoms with Gasteiger partial charge in [-0.05, 0) is 29.2 Å². The third-order valence-electron chi connectivity index (χ3n) is 2.68. The van der Waals surface area contributed by atoms with Gasteiger partial charge in [0, 0.05) is 11.9 Å². The Morgan fingerprint density at radius 3 is 2.59 bits per heavy atom. The Kier molecular flexibility index (Phi) is 2.76. The molecule has 0 bridgehead atoms. The molecule has 0 unspecified atom stereocenters. The first-order valence-electron chi connectivity index (χ1n) is 5.56. The van der Waals surface area contributed by atoms with Crippen molar-refractivity contribution in [3.63, 3.8) is 0 Å². The van der Waals surface area contributed by atoms with Crippen LogP contribution in [0.15, 0.2) is 54.6 Å². The first kappa shape index (κ1) is 10.3. The van der Waals surface area contributed by atoms with E-state index in [0.29, 0.717) is 0 Å². The summed E-state index contributed by atoms with van der Waals surface area (Å²) in [5, 5.41) is 5.79. The molecule has 3 heteroatoms. The number of nitrogens with one attached hydrogen (secondary N) is 1. The molecular weight excluding hydrogens is 228 g/mol. The first-order valence-corrected chi connectivity index (χ1v) is 6.33. The number of rotatable bonds is 3. The van der Waals surface area contributed by atoms with Crippen LogP contribution >= 0.6 is 11.5 Å². The maximum atomic E-state index is 4.41. The highest BCUT2D eigenvalue weighted by Gasteiger charge is 2.03. The highest BCUT2D eigenvalue weighted by Crippen LogP contribution is 2.27. The molecule has 0 atom stereocenters. The molecule has 0 fully saturated rings. The molecule has 84 valence electrons. The van der Waals surface area contributed by atoms with Crippen molar-refractivity contribution in [2.75, 3.05) is 5.32 Å². The lowest BCUT2D eigenvalue weighted by molar-refractivity contribution is 1.16. The van der Waals surface area contributed by atoms with E-state index >= 15 is 0 Å². The quantitative estimate of drug-likeness (QED) is 0.750. The third-order valence-corrected chi connectivity index (χ3v) is 3.51. The molecule has 0 amide bonds. The summed E-state index contributed by atoms with van der Waals surface area (Å²) >= 11 is 1.52. The second-order valence-corrected chi connectivity index (χ2v) is 4.64. The zero-order valence-corrected chi connectivity index (χ0v) is 10.1. The number of hydrogen-bond acceptors (Lipinski definition) is 3. The summed E-state index contributed by atoms with van der Waals surface area (Å²) in [7, 11) is 0. The van der Waals surface area contributed by atoms with Crippen molar-refractivity contribution in [1.82, 2.24) is 4.37 Å².